The molecule has 0 radical (unpaired) electrons. The van der Waals surface area contributed by atoms with Gasteiger partial charge in [-0.1, -0.05) is 0 Å². The second-order valence-corrected chi connectivity index (χ2v) is 1.87. The van der Waals surface area contributed by atoms with Crippen molar-refractivity contribution in [1.29, 1.82) is 0 Å². The smallest absolute Gasteiger partial charge is 0.102 e. The lowest BCUT2D eigenvalue weighted by Gasteiger charge is -2.06. The van der Waals surface area contributed by atoms with Crippen LogP contribution in [0.4, 0.5) is 0 Å². The van der Waals surface area contributed by atoms with Gasteiger partial charge in [-0.3, -0.25) is 0 Å². The highest BCUT2D eigenvalue weighted by molar-refractivity contribution is 4.99. The molecule has 0 amide bonds. The van der Waals surface area contributed by atoms with Gasteiger partial charge >= 0.3 is 0 Å². The predicted molar refractivity (Wildman–Crippen MR) is 36.6 cm³/mol. The molecule has 0 N–H and O–H groups in total. The van der Waals surface area contributed by atoms with E-state index in [1.807, 2.05) is 19.2 Å². The van der Waals surface area contributed by atoms with Crippen LogP contribution in [0.2, 0.25) is 0 Å². The van der Waals surface area contributed by atoms with Crippen LogP contribution in [0, 0.1) is 0 Å². The fourth-order valence-corrected chi connectivity index (χ4v) is 0.677. The first kappa shape index (κ1) is 6.36. The molecule has 1 aromatic heterocycles. The van der Waals surface area contributed by atoms with Crippen molar-refractivity contribution in [3.63, 3.8) is 0 Å². The van der Waals surface area contributed by atoms with Crippen molar-refractivity contribution < 1.29 is 4.42 Å². The van der Waals surface area contributed by atoms with Crippen LogP contribution in [0.1, 0.15) is 5.76 Å². The summed E-state index contributed by atoms with van der Waals surface area (Å²) in [6.45, 7) is 0.855. The summed E-state index contributed by atoms with van der Waals surface area (Å²) in [6, 6.07) is 3.86. The highest BCUT2D eigenvalue weighted by atomic mass is 16.3. The minimum absolute atomic E-state index is 0.855. The van der Waals surface area contributed by atoms with E-state index in [2.05, 4.69) is 5.32 Å². The van der Waals surface area contributed by atoms with Crippen LogP contribution in [-0.2, 0) is 6.42 Å². The number of hydrogen-bond donors (Lipinski definition) is 0. The highest BCUT2D eigenvalue weighted by Gasteiger charge is 1.87. The average molecular weight is 124 g/mol. The van der Waals surface area contributed by atoms with Gasteiger partial charge in [-0.25, -0.2) is 0 Å². The van der Waals surface area contributed by atoms with Gasteiger partial charge in [0, 0.05) is 0 Å². The van der Waals surface area contributed by atoms with Gasteiger partial charge in [-0.2, -0.15) is 7.05 Å². The largest absolute Gasteiger partial charge is 0.665 e. The second kappa shape index (κ2) is 3.30. The summed E-state index contributed by atoms with van der Waals surface area (Å²) in [5.41, 5.74) is 0. The van der Waals surface area contributed by atoms with Crippen LogP contribution < -0.4 is 0 Å². The van der Waals surface area contributed by atoms with E-state index in [-0.39, 0.29) is 0 Å². The van der Waals surface area contributed by atoms with Crippen LogP contribution in [-0.4, -0.2) is 13.6 Å². The second-order valence-electron chi connectivity index (χ2n) is 1.87. The molecule has 9 heavy (non-hydrogen) atoms. The van der Waals surface area contributed by atoms with Crippen LogP contribution in [0.15, 0.2) is 22.8 Å². The van der Waals surface area contributed by atoms with E-state index in [9.17, 15) is 0 Å². The van der Waals surface area contributed by atoms with Gasteiger partial charge in [0.15, 0.2) is 0 Å². The third-order valence-corrected chi connectivity index (χ3v) is 1.16. The Labute approximate surface area is 54.9 Å². The standard InChI is InChI=1S/C7H10NO/c1-8-5-4-7-3-2-6-9-7/h2-3,6H,4-5H2,1H3/q-1. The molecule has 0 atom stereocenters. The molecule has 0 fully saturated rings. The minimum atomic E-state index is 0.855. The van der Waals surface area contributed by atoms with Crippen molar-refractivity contribution in [1.82, 2.24) is 0 Å². The van der Waals surface area contributed by atoms with E-state index in [0.717, 1.165) is 18.7 Å². The first-order valence-corrected chi connectivity index (χ1v) is 3.01. The first-order chi connectivity index (χ1) is 4.43. The van der Waals surface area contributed by atoms with Gasteiger partial charge < -0.3 is 9.73 Å². The maximum Gasteiger partial charge on any atom is 0.102 e. The van der Waals surface area contributed by atoms with Gasteiger partial charge in [0.25, 0.3) is 0 Å². The van der Waals surface area contributed by atoms with Crippen LogP contribution >= 0.6 is 0 Å². The molecule has 0 aromatic carbocycles. The van der Waals surface area contributed by atoms with Gasteiger partial charge in [-0.15, -0.1) is 6.54 Å². The maximum atomic E-state index is 5.08. The van der Waals surface area contributed by atoms with Crippen molar-refractivity contribution in [2.45, 2.75) is 6.42 Å². The van der Waals surface area contributed by atoms with Crippen LogP contribution in [0.5, 0.6) is 0 Å². The lowest BCUT2D eigenvalue weighted by atomic mass is 10.3. The molecule has 0 aliphatic heterocycles. The van der Waals surface area contributed by atoms with Gasteiger partial charge in [0.1, 0.15) is 5.76 Å². The molecular weight excluding hydrogens is 114 g/mol. The summed E-state index contributed by atoms with van der Waals surface area (Å²) >= 11 is 0. The predicted octanol–water partition coefficient (Wildman–Crippen LogP) is 1.83. The molecule has 0 unspecified atom stereocenters. The van der Waals surface area contributed by atoms with Gasteiger partial charge in [-0.05, 0) is 18.6 Å². The van der Waals surface area contributed by atoms with E-state index in [1.54, 1.807) is 6.26 Å². The Morgan fingerprint density at radius 2 is 2.56 bits per heavy atom. The number of furan rings is 1. The zero-order valence-electron chi connectivity index (χ0n) is 5.50. The van der Waals surface area contributed by atoms with Crippen molar-refractivity contribution in [3.8, 4) is 0 Å². The van der Waals surface area contributed by atoms with Crippen molar-refractivity contribution in [2.24, 2.45) is 0 Å². The van der Waals surface area contributed by atoms with Crippen molar-refractivity contribution >= 4 is 0 Å². The average Bonchev–Trinajstić information content (AvgIpc) is 2.34. The third kappa shape index (κ3) is 1.90. The molecule has 0 aliphatic carbocycles. The monoisotopic (exact) mass is 124 g/mol. The molecule has 2 heteroatoms. The number of likely N-dealkylation sites (N-methyl/N-ethyl adjacent to an activating group) is 1. The van der Waals surface area contributed by atoms with Crippen LogP contribution in [0.3, 0.4) is 0 Å². The molecular formula is C7H10NO-. The van der Waals surface area contributed by atoms with Crippen LogP contribution in [0.25, 0.3) is 5.32 Å². The number of nitrogens with zero attached hydrogens (tertiary/aromatic N) is 1. The van der Waals surface area contributed by atoms with Crippen molar-refractivity contribution in [3.05, 3.63) is 29.5 Å². The normalized spacial score (nSPS) is 9.89. The van der Waals surface area contributed by atoms with Gasteiger partial charge in [0.05, 0.1) is 6.26 Å². The zero-order valence-corrected chi connectivity index (χ0v) is 5.50. The molecule has 0 aliphatic rings. The molecule has 1 aromatic rings. The molecule has 1 rings (SSSR count). The number of rotatable bonds is 3. The molecule has 1 heterocycles. The molecule has 0 saturated carbocycles. The molecule has 0 saturated heterocycles. The molecule has 0 bridgehead atoms. The Morgan fingerprint density at radius 1 is 1.67 bits per heavy atom. The summed E-state index contributed by atoms with van der Waals surface area (Å²) in [5.74, 6) is 1.01. The minimum Gasteiger partial charge on any atom is -0.665 e. The van der Waals surface area contributed by atoms with E-state index in [0.29, 0.717) is 0 Å². The topological polar surface area (TPSA) is 27.2 Å². The Kier molecular flexibility index (Phi) is 2.33. The Balaban J connectivity index is 2.30. The first-order valence-electron chi connectivity index (χ1n) is 3.01. The van der Waals surface area contributed by atoms with E-state index >= 15 is 0 Å². The lowest BCUT2D eigenvalue weighted by Crippen LogP contribution is -1.85. The Morgan fingerprint density at radius 3 is 3.11 bits per heavy atom. The maximum absolute atomic E-state index is 5.08. The van der Waals surface area contributed by atoms with E-state index in [4.69, 9.17) is 4.42 Å². The SMILES string of the molecule is C[N-]CCc1ccco1. The Bertz CT molecular complexity index is 146. The van der Waals surface area contributed by atoms with E-state index < -0.39 is 0 Å². The number of hydrogen-bond acceptors (Lipinski definition) is 1. The van der Waals surface area contributed by atoms with Crippen molar-refractivity contribution in [2.75, 3.05) is 13.6 Å². The molecule has 0 spiro atoms. The summed E-state index contributed by atoms with van der Waals surface area (Å²) in [5, 5.41) is 3.95. The molecule has 2 nitrogen and oxygen atoms in total. The fourth-order valence-electron chi connectivity index (χ4n) is 0.677. The lowest BCUT2D eigenvalue weighted by molar-refractivity contribution is 0.513. The quantitative estimate of drug-likeness (QED) is 0.603. The third-order valence-electron chi connectivity index (χ3n) is 1.16. The summed E-state index contributed by atoms with van der Waals surface area (Å²) in [7, 11) is 1.81. The summed E-state index contributed by atoms with van der Waals surface area (Å²) < 4.78 is 5.08. The zero-order chi connectivity index (χ0) is 6.53. The van der Waals surface area contributed by atoms with E-state index in [1.165, 1.54) is 0 Å². The summed E-state index contributed by atoms with van der Waals surface area (Å²) in [6.07, 6.45) is 2.61. The van der Waals surface area contributed by atoms with Gasteiger partial charge in [0.2, 0.25) is 0 Å². The summed E-state index contributed by atoms with van der Waals surface area (Å²) in [4.78, 5) is 0. The molecule has 50 valence electrons. The highest BCUT2D eigenvalue weighted by Crippen LogP contribution is 2.00. The fraction of sp³-hybridized carbons (Fsp3) is 0.429. The Hall–Kier alpha value is -0.760.